The van der Waals surface area contributed by atoms with Gasteiger partial charge in [-0.2, -0.15) is 0 Å². The number of nitrogens with two attached hydrogens (primary N) is 1. The Balaban J connectivity index is 2.08. The molecule has 0 saturated carbocycles. The molecule has 5 heteroatoms. The molecule has 0 amide bonds. The molecule has 2 nitrogen and oxygen atoms in total. The van der Waals surface area contributed by atoms with Crippen molar-refractivity contribution in [2.45, 2.75) is 25.3 Å². The third kappa shape index (κ3) is 2.84. The van der Waals surface area contributed by atoms with Crippen molar-refractivity contribution < 1.29 is 17.9 Å². The summed E-state index contributed by atoms with van der Waals surface area (Å²) >= 11 is 0. The van der Waals surface area contributed by atoms with E-state index in [2.05, 4.69) is 0 Å². The number of ether oxygens (including phenoxy) is 1. The molecule has 0 bridgehead atoms. The molecule has 1 aromatic carbocycles. The second kappa shape index (κ2) is 5.71. The summed E-state index contributed by atoms with van der Waals surface area (Å²) in [4.78, 5) is 0. The second-order valence-corrected chi connectivity index (χ2v) is 4.66. The van der Waals surface area contributed by atoms with E-state index < -0.39 is 23.5 Å². The van der Waals surface area contributed by atoms with Crippen LogP contribution >= 0.6 is 0 Å². The zero-order valence-corrected chi connectivity index (χ0v) is 9.96. The van der Waals surface area contributed by atoms with Crippen LogP contribution in [0.25, 0.3) is 0 Å². The van der Waals surface area contributed by atoms with Gasteiger partial charge in [0.2, 0.25) is 0 Å². The van der Waals surface area contributed by atoms with Crippen molar-refractivity contribution in [2.24, 2.45) is 11.7 Å². The average Bonchev–Trinajstić information content (AvgIpc) is 2.37. The quantitative estimate of drug-likeness (QED) is 0.847. The van der Waals surface area contributed by atoms with Crippen LogP contribution in [0.5, 0.6) is 0 Å². The summed E-state index contributed by atoms with van der Waals surface area (Å²) in [6.45, 7) is 1.36. The fourth-order valence-corrected chi connectivity index (χ4v) is 2.30. The Labute approximate surface area is 104 Å². The number of halogens is 3. The molecule has 100 valence electrons. The Morgan fingerprint density at radius 3 is 2.50 bits per heavy atom. The van der Waals surface area contributed by atoms with Crippen LogP contribution in [-0.4, -0.2) is 13.2 Å². The molecule has 1 aliphatic heterocycles. The van der Waals surface area contributed by atoms with Gasteiger partial charge in [-0.1, -0.05) is 6.07 Å². The zero-order valence-electron chi connectivity index (χ0n) is 9.96. The van der Waals surface area contributed by atoms with Crippen LogP contribution in [0.1, 0.15) is 30.9 Å². The summed E-state index contributed by atoms with van der Waals surface area (Å²) in [5.41, 5.74) is 5.92. The summed E-state index contributed by atoms with van der Waals surface area (Å²) in [5, 5.41) is 0. The minimum absolute atomic E-state index is 0.0420. The monoisotopic (exact) mass is 259 g/mol. The second-order valence-electron chi connectivity index (χ2n) is 4.66. The molecule has 1 aliphatic rings. The fraction of sp³-hybridized carbons (Fsp3) is 0.538. The molecule has 1 unspecified atom stereocenters. The van der Waals surface area contributed by atoms with Crippen LogP contribution in [0.15, 0.2) is 12.1 Å². The first-order valence-corrected chi connectivity index (χ1v) is 6.06. The molecule has 0 aromatic heterocycles. The maximum atomic E-state index is 13.5. The van der Waals surface area contributed by atoms with E-state index in [-0.39, 0.29) is 5.56 Å². The van der Waals surface area contributed by atoms with Crippen molar-refractivity contribution in [1.82, 2.24) is 0 Å². The van der Waals surface area contributed by atoms with Gasteiger partial charge in [0.25, 0.3) is 0 Å². The number of rotatable bonds is 3. The Bertz CT molecular complexity index is 419. The van der Waals surface area contributed by atoms with Gasteiger partial charge in [-0.05, 0) is 31.2 Å². The number of benzene rings is 1. The van der Waals surface area contributed by atoms with Crippen molar-refractivity contribution in [2.75, 3.05) is 13.2 Å². The van der Waals surface area contributed by atoms with Crippen molar-refractivity contribution in [3.05, 3.63) is 35.1 Å². The highest BCUT2D eigenvalue weighted by atomic mass is 19.2. The number of hydrogen-bond acceptors (Lipinski definition) is 2. The SMILES string of the molecule is NC(CC1CCOCC1)c1ccc(F)c(F)c1F. The van der Waals surface area contributed by atoms with Gasteiger partial charge in [0.15, 0.2) is 17.5 Å². The molecule has 1 atom stereocenters. The van der Waals surface area contributed by atoms with Gasteiger partial charge in [-0.15, -0.1) is 0 Å². The minimum Gasteiger partial charge on any atom is -0.381 e. The van der Waals surface area contributed by atoms with Gasteiger partial charge in [-0.3, -0.25) is 0 Å². The van der Waals surface area contributed by atoms with Crippen molar-refractivity contribution in [3.8, 4) is 0 Å². The van der Waals surface area contributed by atoms with E-state index in [4.69, 9.17) is 10.5 Å². The molecule has 1 heterocycles. The third-order valence-electron chi connectivity index (χ3n) is 3.39. The zero-order chi connectivity index (χ0) is 13.1. The standard InChI is InChI=1S/C13H16F3NO/c14-10-2-1-9(12(15)13(10)16)11(17)7-8-3-5-18-6-4-8/h1-2,8,11H,3-7,17H2. The highest BCUT2D eigenvalue weighted by Crippen LogP contribution is 2.28. The van der Waals surface area contributed by atoms with Crippen LogP contribution in [-0.2, 0) is 4.74 Å². The maximum absolute atomic E-state index is 13.5. The summed E-state index contributed by atoms with van der Waals surface area (Å²) in [6.07, 6.45) is 2.31. The van der Waals surface area contributed by atoms with Crippen LogP contribution in [0.3, 0.4) is 0 Å². The first-order chi connectivity index (χ1) is 8.59. The highest BCUT2D eigenvalue weighted by Gasteiger charge is 2.22. The Hall–Kier alpha value is -1.07. The fourth-order valence-electron chi connectivity index (χ4n) is 2.30. The van der Waals surface area contributed by atoms with Gasteiger partial charge >= 0.3 is 0 Å². The van der Waals surface area contributed by atoms with Crippen molar-refractivity contribution in [1.29, 1.82) is 0 Å². The van der Waals surface area contributed by atoms with E-state index in [1.54, 1.807) is 0 Å². The van der Waals surface area contributed by atoms with Crippen LogP contribution in [0.2, 0.25) is 0 Å². The molecular formula is C13H16F3NO. The minimum atomic E-state index is -1.45. The summed E-state index contributed by atoms with van der Waals surface area (Å²) in [5.74, 6) is -3.46. The van der Waals surface area contributed by atoms with E-state index in [1.165, 1.54) is 6.07 Å². The Kier molecular flexibility index (Phi) is 4.24. The van der Waals surface area contributed by atoms with Crippen LogP contribution in [0.4, 0.5) is 13.2 Å². The smallest absolute Gasteiger partial charge is 0.194 e. The average molecular weight is 259 g/mol. The summed E-state index contributed by atoms with van der Waals surface area (Å²) in [7, 11) is 0. The third-order valence-corrected chi connectivity index (χ3v) is 3.39. The maximum Gasteiger partial charge on any atom is 0.194 e. The molecule has 1 fully saturated rings. The van der Waals surface area contributed by atoms with Gasteiger partial charge in [0.05, 0.1) is 0 Å². The lowest BCUT2D eigenvalue weighted by molar-refractivity contribution is 0.0617. The molecule has 18 heavy (non-hydrogen) atoms. The van der Waals surface area contributed by atoms with Gasteiger partial charge < -0.3 is 10.5 Å². The van der Waals surface area contributed by atoms with E-state index in [0.29, 0.717) is 25.6 Å². The molecule has 2 rings (SSSR count). The lowest BCUT2D eigenvalue weighted by atomic mass is 9.90. The first kappa shape index (κ1) is 13.4. The lowest BCUT2D eigenvalue weighted by Gasteiger charge is -2.25. The summed E-state index contributed by atoms with van der Waals surface area (Å²) in [6, 6.07) is 1.53. The normalized spacial score (nSPS) is 18.9. The molecule has 1 aromatic rings. The molecule has 0 aliphatic carbocycles. The lowest BCUT2D eigenvalue weighted by Crippen LogP contribution is -2.22. The van der Waals surface area contributed by atoms with Crippen LogP contribution in [0, 0.1) is 23.4 Å². The highest BCUT2D eigenvalue weighted by molar-refractivity contribution is 5.23. The predicted molar refractivity (Wildman–Crippen MR) is 61.4 cm³/mol. The van der Waals surface area contributed by atoms with Crippen molar-refractivity contribution >= 4 is 0 Å². The van der Waals surface area contributed by atoms with Gasteiger partial charge in [0.1, 0.15) is 0 Å². The van der Waals surface area contributed by atoms with Crippen LogP contribution < -0.4 is 5.73 Å². The van der Waals surface area contributed by atoms with Gasteiger partial charge in [-0.25, -0.2) is 13.2 Å². The Morgan fingerprint density at radius 1 is 1.17 bits per heavy atom. The predicted octanol–water partition coefficient (Wildman–Crippen LogP) is 2.92. The van der Waals surface area contributed by atoms with E-state index >= 15 is 0 Å². The topological polar surface area (TPSA) is 35.2 Å². The van der Waals surface area contributed by atoms with E-state index in [0.717, 1.165) is 18.9 Å². The van der Waals surface area contributed by atoms with E-state index in [9.17, 15) is 13.2 Å². The van der Waals surface area contributed by atoms with Crippen molar-refractivity contribution in [3.63, 3.8) is 0 Å². The molecule has 0 radical (unpaired) electrons. The summed E-state index contributed by atoms with van der Waals surface area (Å²) < 4.78 is 44.7. The van der Waals surface area contributed by atoms with E-state index in [1.807, 2.05) is 0 Å². The molecular weight excluding hydrogens is 243 g/mol. The number of hydrogen-bond donors (Lipinski definition) is 1. The first-order valence-electron chi connectivity index (χ1n) is 6.06. The largest absolute Gasteiger partial charge is 0.381 e. The molecule has 1 saturated heterocycles. The molecule has 2 N–H and O–H groups in total. The molecule has 0 spiro atoms. The Morgan fingerprint density at radius 2 is 1.83 bits per heavy atom. The van der Waals surface area contributed by atoms with Gasteiger partial charge in [0, 0.05) is 24.8 Å².